The van der Waals surface area contributed by atoms with E-state index in [0.717, 1.165) is 0 Å². The Morgan fingerprint density at radius 2 is 1.86 bits per heavy atom. The van der Waals surface area contributed by atoms with Crippen LogP contribution in [0.2, 0.25) is 0 Å². The molecule has 0 saturated heterocycles. The van der Waals surface area contributed by atoms with Crippen LogP contribution >= 0.6 is 0 Å². The lowest BCUT2D eigenvalue weighted by Gasteiger charge is -2.13. The quantitative estimate of drug-likeness (QED) is 0.297. The summed E-state index contributed by atoms with van der Waals surface area (Å²) in [4.78, 5) is 31.6. The monoisotopic (exact) mass is 398 g/mol. The second-order valence-electron chi connectivity index (χ2n) is 6.06. The van der Waals surface area contributed by atoms with Gasteiger partial charge in [0.2, 0.25) is 0 Å². The van der Waals surface area contributed by atoms with Crippen molar-refractivity contribution in [1.29, 1.82) is 0 Å². The minimum absolute atomic E-state index is 0.0321. The SMILES string of the molecule is COC(=O)c1nc(-c2ccc3c(OC)c(OC)cc(N)c3n2)c([N+](=O)[O-])cc1C. The van der Waals surface area contributed by atoms with Gasteiger partial charge in [-0.25, -0.2) is 14.8 Å². The summed E-state index contributed by atoms with van der Waals surface area (Å²) in [6, 6.07) is 6.00. The number of carbonyl (C=O) groups excluding carboxylic acids is 1. The molecule has 0 aliphatic rings. The van der Waals surface area contributed by atoms with Crippen molar-refractivity contribution in [3.63, 3.8) is 0 Å². The first kappa shape index (κ1) is 19.8. The van der Waals surface area contributed by atoms with Crippen LogP contribution in [-0.4, -0.2) is 42.2 Å². The maximum atomic E-state index is 12.0. The number of esters is 1. The summed E-state index contributed by atoms with van der Waals surface area (Å²) in [7, 11) is 4.18. The molecule has 0 aliphatic carbocycles. The topological polar surface area (TPSA) is 140 Å². The van der Waals surface area contributed by atoms with Crippen LogP contribution in [0, 0.1) is 17.0 Å². The Labute approximate surface area is 165 Å². The number of nitrogen functional groups attached to an aromatic ring is 1. The maximum Gasteiger partial charge on any atom is 0.356 e. The van der Waals surface area contributed by atoms with E-state index in [1.54, 1.807) is 19.1 Å². The van der Waals surface area contributed by atoms with Crippen LogP contribution in [0.4, 0.5) is 11.4 Å². The summed E-state index contributed by atoms with van der Waals surface area (Å²) in [5, 5.41) is 12.1. The van der Waals surface area contributed by atoms with Crippen LogP contribution < -0.4 is 15.2 Å². The molecule has 0 fully saturated rings. The average Bonchev–Trinajstić information content (AvgIpc) is 2.72. The third-order valence-corrected chi connectivity index (χ3v) is 4.36. The molecular formula is C19H18N4O6. The number of nitro groups is 1. The summed E-state index contributed by atoms with van der Waals surface area (Å²) in [5.41, 5.74) is 6.85. The zero-order valence-corrected chi connectivity index (χ0v) is 16.2. The standard InChI is InChI=1S/C19H18N4O6/c1-9-7-13(23(25)26)17(22-15(9)19(24)29-4)12-6-5-10-16(21-12)11(20)8-14(27-2)18(10)28-3/h5-8H,20H2,1-4H3. The molecule has 2 heterocycles. The van der Waals surface area contributed by atoms with E-state index in [2.05, 4.69) is 9.97 Å². The highest BCUT2D eigenvalue weighted by Gasteiger charge is 2.25. The Morgan fingerprint density at radius 3 is 2.45 bits per heavy atom. The largest absolute Gasteiger partial charge is 0.493 e. The summed E-state index contributed by atoms with van der Waals surface area (Å²) in [6.45, 7) is 1.54. The molecule has 0 atom stereocenters. The van der Waals surface area contributed by atoms with Gasteiger partial charge in [-0.15, -0.1) is 0 Å². The van der Waals surface area contributed by atoms with E-state index >= 15 is 0 Å². The van der Waals surface area contributed by atoms with E-state index in [4.69, 9.17) is 19.9 Å². The molecule has 2 N–H and O–H groups in total. The second-order valence-corrected chi connectivity index (χ2v) is 6.06. The fraction of sp³-hybridized carbons (Fsp3) is 0.211. The normalized spacial score (nSPS) is 10.6. The number of rotatable bonds is 5. The fourth-order valence-corrected chi connectivity index (χ4v) is 2.99. The first-order chi connectivity index (χ1) is 13.8. The number of nitrogens with two attached hydrogens (primary N) is 1. The minimum atomic E-state index is -0.703. The molecule has 3 aromatic rings. The number of ether oxygens (including phenoxy) is 3. The van der Waals surface area contributed by atoms with Crippen LogP contribution in [0.15, 0.2) is 24.3 Å². The zero-order chi connectivity index (χ0) is 21.3. The number of nitrogens with zero attached hydrogens (tertiary/aromatic N) is 3. The molecule has 0 amide bonds. The number of fused-ring (bicyclic) bond motifs is 1. The molecule has 0 bridgehead atoms. The van der Waals surface area contributed by atoms with Crippen LogP contribution in [-0.2, 0) is 4.74 Å². The molecule has 10 heteroatoms. The Hall–Kier alpha value is -3.95. The van der Waals surface area contributed by atoms with Crippen molar-refractivity contribution >= 4 is 28.2 Å². The molecule has 0 aliphatic heterocycles. The van der Waals surface area contributed by atoms with Gasteiger partial charge in [0.05, 0.1) is 43.2 Å². The first-order valence-electron chi connectivity index (χ1n) is 8.38. The number of methoxy groups -OCH3 is 3. The maximum absolute atomic E-state index is 12.0. The molecule has 3 rings (SSSR count). The van der Waals surface area contributed by atoms with Gasteiger partial charge in [-0.3, -0.25) is 10.1 Å². The van der Waals surface area contributed by atoms with E-state index < -0.39 is 10.9 Å². The van der Waals surface area contributed by atoms with Crippen LogP contribution in [0.1, 0.15) is 16.1 Å². The Kier molecular flexibility index (Phi) is 5.18. The van der Waals surface area contributed by atoms with Crippen LogP contribution in [0.25, 0.3) is 22.3 Å². The number of hydrogen-bond donors (Lipinski definition) is 1. The number of aromatic nitrogens is 2. The zero-order valence-electron chi connectivity index (χ0n) is 16.2. The van der Waals surface area contributed by atoms with Crippen molar-refractivity contribution in [3.8, 4) is 22.9 Å². The average molecular weight is 398 g/mol. The predicted molar refractivity (Wildman–Crippen MR) is 105 cm³/mol. The highest BCUT2D eigenvalue weighted by atomic mass is 16.6. The van der Waals surface area contributed by atoms with Gasteiger partial charge in [-0.05, 0) is 24.6 Å². The summed E-state index contributed by atoms with van der Waals surface area (Å²) < 4.78 is 15.4. The lowest BCUT2D eigenvalue weighted by atomic mass is 10.1. The van der Waals surface area contributed by atoms with Gasteiger partial charge in [0.1, 0.15) is 0 Å². The molecule has 0 saturated carbocycles. The Balaban J connectivity index is 2.31. The Morgan fingerprint density at radius 1 is 1.14 bits per heavy atom. The van der Waals surface area contributed by atoms with E-state index in [0.29, 0.717) is 33.7 Å². The lowest BCUT2D eigenvalue weighted by Crippen LogP contribution is -2.10. The third kappa shape index (κ3) is 3.35. The van der Waals surface area contributed by atoms with Crippen LogP contribution in [0.3, 0.4) is 0 Å². The van der Waals surface area contributed by atoms with E-state index in [-0.39, 0.29) is 22.8 Å². The smallest absolute Gasteiger partial charge is 0.356 e. The van der Waals surface area contributed by atoms with E-state index in [9.17, 15) is 14.9 Å². The molecule has 0 spiro atoms. The predicted octanol–water partition coefficient (Wildman–Crippen LogP) is 2.90. The minimum Gasteiger partial charge on any atom is -0.493 e. The number of anilines is 1. The molecule has 29 heavy (non-hydrogen) atoms. The molecule has 2 aromatic heterocycles. The van der Waals surface area contributed by atoms with E-state index in [1.165, 1.54) is 33.5 Å². The second kappa shape index (κ2) is 7.58. The van der Waals surface area contributed by atoms with Gasteiger partial charge < -0.3 is 19.9 Å². The first-order valence-corrected chi connectivity index (χ1v) is 8.38. The molecule has 0 radical (unpaired) electrons. The highest BCUT2D eigenvalue weighted by Crippen LogP contribution is 2.40. The molecular weight excluding hydrogens is 380 g/mol. The number of benzene rings is 1. The number of carbonyl (C=O) groups is 1. The van der Waals surface area contributed by atoms with Gasteiger partial charge in [-0.1, -0.05) is 0 Å². The third-order valence-electron chi connectivity index (χ3n) is 4.36. The van der Waals surface area contributed by atoms with Crippen molar-refractivity contribution < 1.29 is 23.9 Å². The molecule has 1 aromatic carbocycles. The Bertz CT molecular complexity index is 1150. The summed E-state index contributed by atoms with van der Waals surface area (Å²) >= 11 is 0. The number of hydrogen-bond acceptors (Lipinski definition) is 9. The van der Waals surface area contributed by atoms with Gasteiger partial charge in [0.25, 0.3) is 5.69 Å². The van der Waals surface area contributed by atoms with Crippen molar-refractivity contribution in [3.05, 3.63) is 45.6 Å². The van der Waals surface area contributed by atoms with Crippen molar-refractivity contribution in [2.45, 2.75) is 6.92 Å². The van der Waals surface area contributed by atoms with Crippen molar-refractivity contribution in [1.82, 2.24) is 9.97 Å². The fourth-order valence-electron chi connectivity index (χ4n) is 2.99. The van der Waals surface area contributed by atoms with Crippen molar-refractivity contribution in [2.75, 3.05) is 27.1 Å². The van der Waals surface area contributed by atoms with Crippen LogP contribution in [0.5, 0.6) is 11.5 Å². The summed E-state index contributed by atoms with van der Waals surface area (Å²) in [5.74, 6) is 0.155. The molecule has 150 valence electrons. The van der Waals surface area contributed by atoms with Gasteiger partial charge in [0.15, 0.2) is 22.9 Å². The van der Waals surface area contributed by atoms with Crippen molar-refractivity contribution in [2.24, 2.45) is 0 Å². The number of aryl methyl sites for hydroxylation is 1. The lowest BCUT2D eigenvalue weighted by molar-refractivity contribution is -0.384. The van der Waals surface area contributed by atoms with Gasteiger partial charge in [-0.2, -0.15) is 0 Å². The summed E-state index contributed by atoms with van der Waals surface area (Å²) in [6.07, 6.45) is 0. The van der Waals surface area contributed by atoms with Gasteiger partial charge in [0, 0.05) is 17.5 Å². The highest BCUT2D eigenvalue weighted by molar-refractivity contribution is 5.98. The van der Waals surface area contributed by atoms with E-state index in [1.807, 2.05) is 0 Å². The molecule has 10 nitrogen and oxygen atoms in total. The number of pyridine rings is 2. The van der Waals surface area contributed by atoms with Gasteiger partial charge >= 0.3 is 5.97 Å². The molecule has 0 unspecified atom stereocenters.